The lowest BCUT2D eigenvalue weighted by Crippen LogP contribution is -2.19. The average Bonchev–Trinajstić information content (AvgIpc) is 2.74. The lowest BCUT2D eigenvalue weighted by molar-refractivity contribution is -0.385. The summed E-state index contributed by atoms with van der Waals surface area (Å²) in [6.45, 7) is 0. The summed E-state index contributed by atoms with van der Waals surface area (Å²) in [7, 11) is 1.31. The number of para-hydroxylation sites is 1. The molecule has 0 aromatic heterocycles. The van der Waals surface area contributed by atoms with Crippen molar-refractivity contribution >= 4 is 34.7 Å². The Labute approximate surface area is 171 Å². The second-order valence-corrected chi connectivity index (χ2v) is 6.12. The molecule has 0 saturated heterocycles. The Kier molecular flexibility index (Phi) is 6.23. The molecule has 3 aromatic carbocycles. The SMILES string of the molecule is COc1ccc(C(=O)Nc2cccc(NC(=O)Nc3ccccc3)c2)cc1[N+](=O)[O-]. The molecular formula is C21H18N4O5. The fourth-order valence-electron chi connectivity index (χ4n) is 2.67. The van der Waals surface area contributed by atoms with Gasteiger partial charge in [-0.15, -0.1) is 0 Å². The van der Waals surface area contributed by atoms with Gasteiger partial charge in [-0.05, 0) is 42.5 Å². The van der Waals surface area contributed by atoms with E-state index in [1.165, 1.54) is 19.2 Å². The van der Waals surface area contributed by atoms with E-state index in [-0.39, 0.29) is 17.0 Å². The summed E-state index contributed by atoms with van der Waals surface area (Å²) in [5.74, 6) is -0.473. The van der Waals surface area contributed by atoms with Crippen molar-refractivity contribution in [2.45, 2.75) is 0 Å². The number of carbonyl (C=O) groups excluding carboxylic acids is 2. The number of hydrogen-bond donors (Lipinski definition) is 3. The van der Waals surface area contributed by atoms with Crippen molar-refractivity contribution in [1.29, 1.82) is 0 Å². The number of hydrogen-bond acceptors (Lipinski definition) is 5. The van der Waals surface area contributed by atoms with Crippen molar-refractivity contribution in [3.8, 4) is 5.75 Å². The number of anilines is 3. The van der Waals surface area contributed by atoms with E-state index >= 15 is 0 Å². The third kappa shape index (κ3) is 5.10. The smallest absolute Gasteiger partial charge is 0.323 e. The van der Waals surface area contributed by atoms with Crippen LogP contribution in [0.4, 0.5) is 27.5 Å². The van der Waals surface area contributed by atoms with Gasteiger partial charge in [0.05, 0.1) is 12.0 Å². The maximum Gasteiger partial charge on any atom is 0.323 e. The number of carbonyl (C=O) groups is 2. The molecule has 0 heterocycles. The first-order valence-electron chi connectivity index (χ1n) is 8.83. The van der Waals surface area contributed by atoms with Crippen LogP contribution in [0, 0.1) is 10.1 Å². The Balaban J connectivity index is 1.69. The van der Waals surface area contributed by atoms with Gasteiger partial charge in [0.2, 0.25) is 0 Å². The van der Waals surface area contributed by atoms with Crippen LogP contribution in [0.2, 0.25) is 0 Å². The van der Waals surface area contributed by atoms with Crippen molar-refractivity contribution in [3.05, 3.63) is 88.5 Å². The number of rotatable bonds is 6. The van der Waals surface area contributed by atoms with Gasteiger partial charge < -0.3 is 20.7 Å². The molecule has 3 amide bonds. The number of nitrogens with one attached hydrogen (secondary N) is 3. The second-order valence-electron chi connectivity index (χ2n) is 6.12. The molecule has 0 aliphatic heterocycles. The Hall–Kier alpha value is -4.40. The minimum Gasteiger partial charge on any atom is -0.490 e. The first-order chi connectivity index (χ1) is 14.5. The highest BCUT2D eigenvalue weighted by molar-refractivity contribution is 6.05. The minimum atomic E-state index is -0.620. The summed E-state index contributed by atoms with van der Waals surface area (Å²) in [5.41, 5.74) is 1.30. The molecule has 0 aliphatic carbocycles. The Bertz CT molecular complexity index is 1090. The van der Waals surface area contributed by atoms with E-state index in [9.17, 15) is 19.7 Å². The van der Waals surface area contributed by atoms with Gasteiger partial charge in [0, 0.05) is 28.7 Å². The first kappa shape index (κ1) is 20.3. The molecular weight excluding hydrogens is 388 g/mol. The van der Waals surface area contributed by atoms with E-state index in [1.54, 1.807) is 48.5 Å². The average molecular weight is 406 g/mol. The van der Waals surface area contributed by atoms with Crippen LogP contribution in [-0.4, -0.2) is 24.0 Å². The van der Waals surface area contributed by atoms with Gasteiger partial charge in [-0.2, -0.15) is 0 Å². The molecule has 0 fully saturated rings. The maximum atomic E-state index is 12.5. The maximum absolute atomic E-state index is 12.5. The zero-order chi connectivity index (χ0) is 21.5. The molecule has 0 bridgehead atoms. The fourth-order valence-corrected chi connectivity index (χ4v) is 2.67. The number of nitro benzene ring substituents is 1. The summed E-state index contributed by atoms with van der Waals surface area (Å²) in [5, 5.41) is 19.2. The van der Waals surface area contributed by atoms with Gasteiger partial charge in [-0.1, -0.05) is 24.3 Å². The molecule has 0 unspecified atom stereocenters. The van der Waals surface area contributed by atoms with Gasteiger partial charge >= 0.3 is 11.7 Å². The highest BCUT2D eigenvalue weighted by Crippen LogP contribution is 2.28. The van der Waals surface area contributed by atoms with Crippen LogP contribution in [0.25, 0.3) is 0 Å². The van der Waals surface area contributed by atoms with Crippen molar-refractivity contribution in [1.82, 2.24) is 0 Å². The number of amides is 3. The fraction of sp³-hybridized carbons (Fsp3) is 0.0476. The topological polar surface area (TPSA) is 123 Å². The minimum absolute atomic E-state index is 0.0622. The summed E-state index contributed by atoms with van der Waals surface area (Å²) < 4.78 is 4.94. The van der Waals surface area contributed by atoms with Gasteiger partial charge in [-0.25, -0.2) is 4.79 Å². The summed E-state index contributed by atoms with van der Waals surface area (Å²) in [6.07, 6.45) is 0. The monoisotopic (exact) mass is 406 g/mol. The van der Waals surface area contributed by atoms with E-state index in [0.29, 0.717) is 17.1 Å². The third-order valence-electron chi connectivity index (χ3n) is 4.05. The number of nitro groups is 1. The van der Waals surface area contributed by atoms with E-state index < -0.39 is 16.9 Å². The molecule has 3 N–H and O–H groups in total. The van der Waals surface area contributed by atoms with Crippen LogP contribution in [0.15, 0.2) is 72.8 Å². The zero-order valence-corrected chi connectivity index (χ0v) is 15.9. The Morgan fingerprint density at radius 1 is 0.833 bits per heavy atom. The number of urea groups is 1. The molecule has 0 radical (unpaired) electrons. The second kappa shape index (κ2) is 9.20. The van der Waals surface area contributed by atoms with E-state index in [4.69, 9.17) is 4.74 Å². The Morgan fingerprint density at radius 2 is 1.47 bits per heavy atom. The number of methoxy groups -OCH3 is 1. The normalized spacial score (nSPS) is 10.0. The van der Waals surface area contributed by atoms with Crippen LogP contribution in [0.3, 0.4) is 0 Å². The third-order valence-corrected chi connectivity index (χ3v) is 4.05. The predicted octanol–water partition coefficient (Wildman–Crippen LogP) is 4.50. The van der Waals surface area contributed by atoms with Gasteiger partial charge in [0.25, 0.3) is 5.91 Å². The zero-order valence-electron chi connectivity index (χ0n) is 15.9. The van der Waals surface area contributed by atoms with Crippen molar-refractivity contribution < 1.29 is 19.2 Å². The molecule has 9 heteroatoms. The molecule has 3 aromatic rings. The summed E-state index contributed by atoms with van der Waals surface area (Å²) >= 11 is 0. The van der Waals surface area contributed by atoms with E-state index in [1.807, 2.05) is 6.07 Å². The molecule has 152 valence electrons. The van der Waals surface area contributed by atoms with Crippen LogP contribution in [-0.2, 0) is 0 Å². The number of ether oxygens (including phenoxy) is 1. The summed E-state index contributed by atoms with van der Waals surface area (Å²) in [6, 6.07) is 19.0. The molecule has 3 rings (SSSR count). The molecule has 9 nitrogen and oxygen atoms in total. The quantitative estimate of drug-likeness (QED) is 0.411. The van der Waals surface area contributed by atoms with Gasteiger partial charge in [-0.3, -0.25) is 14.9 Å². The highest BCUT2D eigenvalue weighted by atomic mass is 16.6. The molecule has 30 heavy (non-hydrogen) atoms. The van der Waals surface area contributed by atoms with Crippen molar-refractivity contribution in [2.24, 2.45) is 0 Å². The largest absolute Gasteiger partial charge is 0.490 e. The Morgan fingerprint density at radius 3 is 2.13 bits per heavy atom. The lowest BCUT2D eigenvalue weighted by Gasteiger charge is -2.10. The molecule has 0 spiro atoms. The van der Waals surface area contributed by atoms with Crippen LogP contribution >= 0.6 is 0 Å². The predicted molar refractivity (Wildman–Crippen MR) is 113 cm³/mol. The first-order valence-corrected chi connectivity index (χ1v) is 8.83. The molecule has 0 aliphatic rings. The van der Waals surface area contributed by atoms with Crippen molar-refractivity contribution in [3.63, 3.8) is 0 Å². The standard InChI is InChI=1S/C21H18N4O5/c1-30-19-11-10-14(12-18(19)25(28)29)20(26)22-16-8-5-9-17(13-16)24-21(27)23-15-6-3-2-4-7-15/h2-13H,1H3,(H,22,26)(H2,23,24,27). The van der Waals surface area contributed by atoms with E-state index in [0.717, 1.165) is 6.07 Å². The van der Waals surface area contributed by atoms with E-state index in [2.05, 4.69) is 16.0 Å². The molecule has 0 atom stereocenters. The van der Waals surface area contributed by atoms with Crippen LogP contribution in [0.5, 0.6) is 5.75 Å². The molecule has 0 saturated carbocycles. The number of benzene rings is 3. The summed E-state index contributed by atoms with van der Waals surface area (Å²) in [4.78, 5) is 35.1. The van der Waals surface area contributed by atoms with Crippen LogP contribution < -0.4 is 20.7 Å². The lowest BCUT2D eigenvalue weighted by atomic mass is 10.1. The highest BCUT2D eigenvalue weighted by Gasteiger charge is 2.18. The van der Waals surface area contributed by atoms with Gasteiger partial charge in [0.1, 0.15) is 0 Å². The van der Waals surface area contributed by atoms with Gasteiger partial charge in [0.15, 0.2) is 5.75 Å². The van der Waals surface area contributed by atoms with Crippen LogP contribution in [0.1, 0.15) is 10.4 Å². The van der Waals surface area contributed by atoms with Crippen molar-refractivity contribution in [2.75, 3.05) is 23.1 Å². The number of nitrogens with zero attached hydrogens (tertiary/aromatic N) is 1.